The number of thiophene rings is 1. The smallest absolute Gasteiger partial charge is 0.352 e. The number of rotatable bonds is 2. The maximum absolute atomic E-state index is 11.1. The molecule has 2 heterocycles. The number of benzene rings is 1. The van der Waals surface area contributed by atoms with Crippen LogP contribution in [0.3, 0.4) is 0 Å². The van der Waals surface area contributed by atoms with E-state index in [1.165, 1.54) is 10.8 Å². The lowest BCUT2D eigenvalue weighted by molar-refractivity contribution is 0.0688. The first-order valence-electron chi connectivity index (χ1n) is 5.24. The van der Waals surface area contributed by atoms with Crippen LogP contribution in [0, 0.1) is 0 Å². The van der Waals surface area contributed by atoms with Gasteiger partial charge in [-0.15, -0.1) is 11.3 Å². The highest BCUT2D eigenvalue weighted by molar-refractivity contribution is 7.17. The predicted molar refractivity (Wildman–Crippen MR) is 73.1 cm³/mol. The van der Waals surface area contributed by atoms with Crippen LogP contribution in [0.4, 0.5) is 0 Å². The Morgan fingerprint density at radius 2 is 2.11 bits per heavy atom. The topological polar surface area (TPSA) is 42.2 Å². The van der Waals surface area contributed by atoms with E-state index < -0.39 is 5.97 Å². The van der Waals surface area contributed by atoms with Gasteiger partial charge < -0.3 is 9.67 Å². The summed E-state index contributed by atoms with van der Waals surface area (Å²) in [6.07, 6.45) is 1.61. The third-order valence-corrected chi connectivity index (χ3v) is 3.82. The van der Waals surface area contributed by atoms with Gasteiger partial charge >= 0.3 is 5.97 Å². The summed E-state index contributed by atoms with van der Waals surface area (Å²) in [6.45, 7) is 0. The molecule has 2 aromatic heterocycles. The normalized spacial score (nSPS) is 10.9. The van der Waals surface area contributed by atoms with Gasteiger partial charge in [-0.3, -0.25) is 0 Å². The summed E-state index contributed by atoms with van der Waals surface area (Å²) >= 11 is 7.53. The minimum atomic E-state index is -0.993. The van der Waals surface area contributed by atoms with Crippen molar-refractivity contribution in [1.29, 1.82) is 0 Å². The van der Waals surface area contributed by atoms with Crippen LogP contribution >= 0.6 is 22.9 Å². The SMILES string of the molecule is O=C(O)c1cc(Cl)cn1-c1ccc2sccc2c1. The number of hydrogen-bond acceptors (Lipinski definition) is 2. The monoisotopic (exact) mass is 277 g/mol. The number of carboxylic acids is 1. The van der Waals surface area contributed by atoms with Crippen molar-refractivity contribution < 1.29 is 9.90 Å². The Morgan fingerprint density at radius 3 is 2.89 bits per heavy atom. The number of hydrogen-bond donors (Lipinski definition) is 1. The van der Waals surface area contributed by atoms with E-state index in [1.54, 1.807) is 22.1 Å². The van der Waals surface area contributed by atoms with Crippen molar-refractivity contribution in [1.82, 2.24) is 4.57 Å². The van der Waals surface area contributed by atoms with Crippen LogP contribution in [0.15, 0.2) is 41.9 Å². The molecule has 0 aliphatic carbocycles. The van der Waals surface area contributed by atoms with E-state index in [1.807, 2.05) is 29.6 Å². The Bertz CT molecular complexity index is 744. The second kappa shape index (κ2) is 4.15. The van der Waals surface area contributed by atoms with Crippen LogP contribution < -0.4 is 0 Å². The van der Waals surface area contributed by atoms with Crippen LogP contribution in [0.5, 0.6) is 0 Å². The molecule has 0 spiro atoms. The molecule has 0 fully saturated rings. The zero-order valence-electron chi connectivity index (χ0n) is 9.13. The molecule has 0 saturated carbocycles. The van der Waals surface area contributed by atoms with Crippen molar-refractivity contribution in [2.24, 2.45) is 0 Å². The molecule has 0 saturated heterocycles. The van der Waals surface area contributed by atoms with E-state index in [2.05, 4.69) is 0 Å². The molecular formula is C13H8ClNO2S. The van der Waals surface area contributed by atoms with Crippen LogP contribution in [-0.2, 0) is 0 Å². The molecule has 0 radical (unpaired) electrons. The maximum atomic E-state index is 11.1. The van der Waals surface area contributed by atoms with Gasteiger partial charge in [0, 0.05) is 16.6 Å². The fourth-order valence-electron chi connectivity index (χ4n) is 1.91. The average molecular weight is 278 g/mol. The molecule has 0 amide bonds. The van der Waals surface area contributed by atoms with E-state index in [9.17, 15) is 4.79 Å². The highest BCUT2D eigenvalue weighted by Gasteiger charge is 2.13. The molecule has 1 N–H and O–H groups in total. The molecule has 0 bridgehead atoms. The van der Waals surface area contributed by atoms with Crippen molar-refractivity contribution in [3.63, 3.8) is 0 Å². The molecule has 3 rings (SSSR count). The molecule has 18 heavy (non-hydrogen) atoms. The van der Waals surface area contributed by atoms with Gasteiger partial charge in [-0.05, 0) is 41.1 Å². The zero-order chi connectivity index (χ0) is 12.7. The van der Waals surface area contributed by atoms with Gasteiger partial charge in [0.2, 0.25) is 0 Å². The lowest BCUT2D eigenvalue weighted by Gasteiger charge is -2.06. The highest BCUT2D eigenvalue weighted by atomic mass is 35.5. The van der Waals surface area contributed by atoms with Gasteiger partial charge in [0.1, 0.15) is 5.69 Å². The van der Waals surface area contributed by atoms with E-state index >= 15 is 0 Å². The van der Waals surface area contributed by atoms with E-state index in [0.29, 0.717) is 5.02 Å². The Morgan fingerprint density at radius 1 is 1.28 bits per heavy atom. The summed E-state index contributed by atoms with van der Waals surface area (Å²) in [4.78, 5) is 11.1. The van der Waals surface area contributed by atoms with Crippen LogP contribution in [0.25, 0.3) is 15.8 Å². The second-order valence-electron chi connectivity index (χ2n) is 3.86. The standard InChI is InChI=1S/C13H8ClNO2S/c14-9-6-11(13(16)17)15(7-9)10-1-2-12-8(5-10)3-4-18-12/h1-7H,(H,16,17). The zero-order valence-corrected chi connectivity index (χ0v) is 10.7. The Kier molecular flexibility index (Phi) is 2.61. The molecular weight excluding hydrogens is 270 g/mol. The maximum Gasteiger partial charge on any atom is 0.352 e. The van der Waals surface area contributed by atoms with Crippen LogP contribution in [0.1, 0.15) is 10.5 Å². The second-order valence-corrected chi connectivity index (χ2v) is 5.25. The molecule has 0 aliphatic heterocycles. The van der Waals surface area contributed by atoms with E-state index in [0.717, 1.165) is 11.1 Å². The van der Waals surface area contributed by atoms with Gasteiger partial charge in [0.15, 0.2) is 0 Å². The Balaban J connectivity index is 2.21. The van der Waals surface area contributed by atoms with E-state index in [-0.39, 0.29) is 5.69 Å². The third kappa shape index (κ3) is 1.79. The predicted octanol–water partition coefficient (Wildman–Crippen LogP) is 4.04. The number of aromatic nitrogens is 1. The van der Waals surface area contributed by atoms with Gasteiger partial charge in [-0.2, -0.15) is 0 Å². The van der Waals surface area contributed by atoms with Gasteiger partial charge in [0.05, 0.1) is 5.02 Å². The van der Waals surface area contributed by atoms with Crippen molar-refractivity contribution >= 4 is 39.0 Å². The number of halogens is 1. The van der Waals surface area contributed by atoms with Gasteiger partial charge in [0.25, 0.3) is 0 Å². The molecule has 0 aliphatic rings. The quantitative estimate of drug-likeness (QED) is 0.768. The summed E-state index contributed by atoms with van der Waals surface area (Å²) in [6, 6.07) is 9.28. The van der Waals surface area contributed by atoms with Crippen LogP contribution in [0.2, 0.25) is 5.02 Å². The number of aromatic carboxylic acids is 1. The molecule has 0 unspecified atom stereocenters. The van der Waals surface area contributed by atoms with Crippen molar-refractivity contribution in [2.45, 2.75) is 0 Å². The third-order valence-electron chi connectivity index (χ3n) is 2.72. The number of fused-ring (bicyclic) bond motifs is 1. The molecule has 5 heteroatoms. The van der Waals surface area contributed by atoms with Crippen molar-refractivity contribution in [2.75, 3.05) is 0 Å². The number of carbonyl (C=O) groups is 1. The fraction of sp³-hybridized carbons (Fsp3) is 0. The van der Waals surface area contributed by atoms with Gasteiger partial charge in [-0.1, -0.05) is 11.6 Å². The summed E-state index contributed by atoms with van der Waals surface area (Å²) in [5, 5.41) is 12.7. The Hall–Kier alpha value is -1.78. The minimum Gasteiger partial charge on any atom is -0.477 e. The fourth-order valence-corrected chi connectivity index (χ4v) is 2.88. The minimum absolute atomic E-state index is 0.162. The van der Waals surface area contributed by atoms with E-state index in [4.69, 9.17) is 16.7 Å². The number of carboxylic acid groups (broad SMARTS) is 1. The largest absolute Gasteiger partial charge is 0.477 e. The first kappa shape index (κ1) is 11.3. The molecule has 1 aromatic carbocycles. The average Bonchev–Trinajstić information content (AvgIpc) is 2.93. The highest BCUT2D eigenvalue weighted by Crippen LogP contribution is 2.26. The molecule has 0 atom stereocenters. The molecule has 90 valence electrons. The summed E-state index contributed by atoms with van der Waals surface area (Å²) in [7, 11) is 0. The van der Waals surface area contributed by atoms with Crippen molar-refractivity contribution in [3.05, 3.63) is 52.6 Å². The lowest BCUT2D eigenvalue weighted by atomic mass is 10.2. The molecule has 3 aromatic rings. The van der Waals surface area contributed by atoms with Gasteiger partial charge in [-0.25, -0.2) is 4.79 Å². The summed E-state index contributed by atoms with van der Waals surface area (Å²) in [5.74, 6) is -0.993. The summed E-state index contributed by atoms with van der Waals surface area (Å²) in [5.41, 5.74) is 0.958. The summed E-state index contributed by atoms with van der Waals surface area (Å²) < 4.78 is 2.76. The number of nitrogens with zero attached hydrogens (tertiary/aromatic N) is 1. The molecule has 3 nitrogen and oxygen atoms in total. The Labute approximate surface area is 112 Å². The van der Waals surface area contributed by atoms with Crippen LogP contribution in [-0.4, -0.2) is 15.6 Å². The lowest BCUT2D eigenvalue weighted by Crippen LogP contribution is -2.05. The van der Waals surface area contributed by atoms with Crippen molar-refractivity contribution in [3.8, 4) is 5.69 Å². The first-order valence-corrected chi connectivity index (χ1v) is 6.50. The first-order chi connectivity index (χ1) is 8.65.